The summed E-state index contributed by atoms with van der Waals surface area (Å²) in [4.78, 5) is 7.67. The van der Waals surface area contributed by atoms with Crippen molar-refractivity contribution < 1.29 is 4.39 Å². The van der Waals surface area contributed by atoms with Gasteiger partial charge in [0.25, 0.3) is 0 Å². The summed E-state index contributed by atoms with van der Waals surface area (Å²) in [6.45, 7) is -0.386. The summed E-state index contributed by atoms with van der Waals surface area (Å²) < 4.78 is 13.5. The Balaban J connectivity index is 2.66. The smallest absolute Gasteiger partial charge is 0.225 e. The summed E-state index contributed by atoms with van der Waals surface area (Å²) in [5.74, 6) is 0. The van der Waals surface area contributed by atoms with E-state index in [1.165, 1.54) is 10.9 Å². The number of aromatic nitrogens is 4. The second kappa shape index (κ2) is 3.67. The van der Waals surface area contributed by atoms with Crippen LogP contribution in [0.15, 0.2) is 6.20 Å². The summed E-state index contributed by atoms with van der Waals surface area (Å²) in [6, 6.07) is 0. The van der Waals surface area contributed by atoms with Crippen molar-refractivity contribution in [3.8, 4) is 0 Å². The number of aryl methyl sites for hydroxylation is 1. The van der Waals surface area contributed by atoms with Crippen LogP contribution in [0.4, 0.5) is 4.39 Å². The molecule has 7 heteroatoms. The molecule has 2 rings (SSSR count). The Labute approximate surface area is 88.7 Å². The van der Waals surface area contributed by atoms with Crippen LogP contribution in [0.1, 0.15) is 0 Å². The molecule has 0 aromatic carbocycles. The Bertz CT molecular complexity index is 470. The molecular formula is C7H5Cl2FN4. The lowest BCUT2D eigenvalue weighted by atomic mass is 10.4. The third kappa shape index (κ3) is 1.53. The number of fused-ring (bicyclic) bond motifs is 1. The lowest BCUT2D eigenvalue weighted by molar-refractivity contribution is 0.432. The molecule has 0 aliphatic carbocycles. The van der Waals surface area contributed by atoms with Gasteiger partial charge in [-0.2, -0.15) is 10.1 Å². The SMILES string of the molecule is FCCn1ncc2c(Cl)nc(Cl)nc21. The molecule has 2 aromatic heterocycles. The van der Waals surface area contributed by atoms with E-state index in [2.05, 4.69) is 15.1 Å². The largest absolute Gasteiger partial charge is 0.249 e. The van der Waals surface area contributed by atoms with E-state index in [0.29, 0.717) is 11.0 Å². The fourth-order valence-electron chi connectivity index (χ4n) is 1.14. The van der Waals surface area contributed by atoms with Gasteiger partial charge in [-0.05, 0) is 11.6 Å². The molecule has 0 radical (unpaired) electrons. The normalized spacial score (nSPS) is 11.1. The molecule has 2 heterocycles. The Hall–Kier alpha value is -0.940. The lowest BCUT2D eigenvalue weighted by Gasteiger charge is -1.98. The Morgan fingerprint density at radius 3 is 2.86 bits per heavy atom. The van der Waals surface area contributed by atoms with Crippen molar-refractivity contribution >= 4 is 34.2 Å². The number of hydrogen-bond donors (Lipinski definition) is 0. The van der Waals surface area contributed by atoms with E-state index in [0.717, 1.165) is 0 Å². The standard InChI is InChI=1S/C7H5Cl2FN4/c8-5-4-3-11-14(2-1-10)6(4)13-7(9)12-5/h3H,1-2H2. The molecule has 0 bridgehead atoms. The second-order valence-electron chi connectivity index (χ2n) is 2.58. The van der Waals surface area contributed by atoms with E-state index in [4.69, 9.17) is 23.2 Å². The second-order valence-corrected chi connectivity index (χ2v) is 3.27. The van der Waals surface area contributed by atoms with E-state index in [9.17, 15) is 4.39 Å². The van der Waals surface area contributed by atoms with Gasteiger partial charge in [0.2, 0.25) is 5.28 Å². The van der Waals surface area contributed by atoms with Crippen molar-refractivity contribution in [3.05, 3.63) is 16.6 Å². The highest BCUT2D eigenvalue weighted by molar-refractivity contribution is 6.35. The van der Waals surface area contributed by atoms with Gasteiger partial charge in [-0.15, -0.1) is 0 Å². The van der Waals surface area contributed by atoms with Gasteiger partial charge < -0.3 is 0 Å². The quantitative estimate of drug-likeness (QED) is 0.591. The highest BCUT2D eigenvalue weighted by atomic mass is 35.5. The predicted octanol–water partition coefficient (Wildman–Crippen LogP) is 2.10. The topological polar surface area (TPSA) is 43.6 Å². The maximum absolute atomic E-state index is 12.1. The van der Waals surface area contributed by atoms with Gasteiger partial charge >= 0.3 is 0 Å². The van der Waals surface area contributed by atoms with Crippen LogP contribution < -0.4 is 0 Å². The van der Waals surface area contributed by atoms with Crippen LogP contribution in [0, 0.1) is 0 Å². The Morgan fingerprint density at radius 1 is 1.36 bits per heavy atom. The molecule has 0 N–H and O–H groups in total. The zero-order valence-electron chi connectivity index (χ0n) is 6.91. The average molecular weight is 235 g/mol. The van der Waals surface area contributed by atoms with Crippen molar-refractivity contribution in [1.82, 2.24) is 19.7 Å². The maximum atomic E-state index is 12.1. The van der Waals surface area contributed by atoms with E-state index in [-0.39, 0.29) is 17.0 Å². The van der Waals surface area contributed by atoms with E-state index < -0.39 is 6.67 Å². The molecule has 4 nitrogen and oxygen atoms in total. The molecule has 74 valence electrons. The molecule has 14 heavy (non-hydrogen) atoms. The number of alkyl halides is 1. The monoisotopic (exact) mass is 234 g/mol. The van der Waals surface area contributed by atoms with Crippen LogP contribution >= 0.6 is 23.2 Å². The summed E-state index contributed by atoms with van der Waals surface area (Å²) in [6.07, 6.45) is 1.49. The van der Waals surface area contributed by atoms with Gasteiger partial charge in [-0.3, -0.25) is 0 Å². The summed E-state index contributed by atoms with van der Waals surface area (Å²) in [7, 11) is 0. The number of halogens is 3. The van der Waals surface area contributed by atoms with Crippen LogP contribution in [0.2, 0.25) is 10.4 Å². The van der Waals surface area contributed by atoms with Crippen LogP contribution in [0.25, 0.3) is 11.0 Å². The van der Waals surface area contributed by atoms with E-state index in [1.54, 1.807) is 0 Å². The maximum Gasteiger partial charge on any atom is 0.225 e. The minimum atomic E-state index is -0.518. The highest BCUT2D eigenvalue weighted by Gasteiger charge is 2.09. The van der Waals surface area contributed by atoms with Crippen LogP contribution in [-0.4, -0.2) is 26.4 Å². The third-order valence-electron chi connectivity index (χ3n) is 1.72. The van der Waals surface area contributed by atoms with Crippen LogP contribution in [0.3, 0.4) is 0 Å². The van der Waals surface area contributed by atoms with Gasteiger partial charge in [0.05, 0.1) is 18.1 Å². The summed E-state index contributed by atoms with van der Waals surface area (Å²) in [5.41, 5.74) is 0.452. The zero-order valence-corrected chi connectivity index (χ0v) is 8.43. The first-order chi connectivity index (χ1) is 6.72. The molecule has 0 atom stereocenters. The van der Waals surface area contributed by atoms with Crippen LogP contribution in [0.5, 0.6) is 0 Å². The third-order valence-corrected chi connectivity index (χ3v) is 2.18. The molecule has 0 saturated carbocycles. The number of rotatable bonds is 2. The van der Waals surface area contributed by atoms with Crippen LogP contribution in [-0.2, 0) is 6.54 Å². The molecule has 0 fully saturated rings. The van der Waals surface area contributed by atoms with Crippen molar-refractivity contribution in [2.24, 2.45) is 0 Å². The Morgan fingerprint density at radius 2 is 2.14 bits per heavy atom. The predicted molar refractivity (Wildman–Crippen MR) is 51.3 cm³/mol. The first kappa shape index (κ1) is 9.61. The molecule has 0 saturated heterocycles. The first-order valence-electron chi connectivity index (χ1n) is 3.83. The van der Waals surface area contributed by atoms with Gasteiger partial charge in [0.15, 0.2) is 5.65 Å². The minimum Gasteiger partial charge on any atom is -0.249 e. The van der Waals surface area contributed by atoms with Gasteiger partial charge in [-0.1, -0.05) is 11.6 Å². The first-order valence-corrected chi connectivity index (χ1v) is 4.58. The molecular weight excluding hydrogens is 230 g/mol. The van der Waals surface area contributed by atoms with Gasteiger partial charge in [0, 0.05) is 0 Å². The molecule has 0 spiro atoms. The molecule has 2 aromatic rings. The molecule has 0 amide bonds. The molecule has 0 unspecified atom stereocenters. The number of nitrogens with zero attached hydrogens (tertiary/aromatic N) is 4. The average Bonchev–Trinajstić information content (AvgIpc) is 2.49. The van der Waals surface area contributed by atoms with Crippen molar-refractivity contribution in [1.29, 1.82) is 0 Å². The van der Waals surface area contributed by atoms with Crippen molar-refractivity contribution in [3.63, 3.8) is 0 Å². The van der Waals surface area contributed by atoms with E-state index in [1.807, 2.05) is 0 Å². The molecule has 0 aliphatic rings. The minimum absolute atomic E-state index is 0.0307. The lowest BCUT2D eigenvalue weighted by Crippen LogP contribution is -2.02. The summed E-state index contributed by atoms with van der Waals surface area (Å²) in [5, 5.41) is 4.75. The van der Waals surface area contributed by atoms with Crippen molar-refractivity contribution in [2.75, 3.05) is 6.67 Å². The highest BCUT2D eigenvalue weighted by Crippen LogP contribution is 2.21. The van der Waals surface area contributed by atoms with Gasteiger partial charge in [0.1, 0.15) is 11.8 Å². The van der Waals surface area contributed by atoms with Crippen molar-refractivity contribution in [2.45, 2.75) is 6.54 Å². The molecule has 0 aliphatic heterocycles. The fraction of sp³-hybridized carbons (Fsp3) is 0.286. The van der Waals surface area contributed by atoms with Gasteiger partial charge in [-0.25, -0.2) is 14.1 Å². The summed E-state index contributed by atoms with van der Waals surface area (Å²) >= 11 is 11.4. The fourth-order valence-corrected chi connectivity index (χ4v) is 1.56. The zero-order chi connectivity index (χ0) is 10.1. The number of hydrogen-bond acceptors (Lipinski definition) is 3. The Kier molecular flexibility index (Phi) is 2.52. The van der Waals surface area contributed by atoms with E-state index >= 15 is 0 Å².